The van der Waals surface area contributed by atoms with Crippen molar-refractivity contribution in [3.63, 3.8) is 0 Å². The van der Waals surface area contributed by atoms with Gasteiger partial charge in [0.25, 0.3) is 0 Å². The molecule has 100 valence electrons. The predicted molar refractivity (Wildman–Crippen MR) is 73.0 cm³/mol. The lowest BCUT2D eigenvalue weighted by atomic mass is 10.2. The number of hydrogen-bond donors (Lipinski definition) is 3. The Bertz CT molecular complexity index is 500. The van der Waals surface area contributed by atoms with Crippen LogP contribution < -0.4 is 5.73 Å². The molecule has 5 nitrogen and oxygen atoms in total. The fourth-order valence-electron chi connectivity index (χ4n) is 1.12. The van der Waals surface area contributed by atoms with E-state index in [-0.39, 0.29) is 5.56 Å². The summed E-state index contributed by atoms with van der Waals surface area (Å²) in [6.07, 6.45) is 0. The van der Waals surface area contributed by atoms with Gasteiger partial charge in [-0.1, -0.05) is 30.3 Å². The van der Waals surface area contributed by atoms with E-state index in [0.717, 1.165) is 0 Å². The lowest BCUT2D eigenvalue weighted by Crippen LogP contribution is -2.00. The molecule has 0 aliphatic rings. The number of hydrogen-bond acceptors (Lipinski definition) is 4. The number of nitrogens with two attached hydrogens (primary N) is 1. The van der Waals surface area contributed by atoms with Gasteiger partial charge in [-0.25, -0.2) is 4.79 Å². The molecule has 0 radical (unpaired) electrons. The van der Waals surface area contributed by atoms with Crippen molar-refractivity contribution in [1.29, 1.82) is 0 Å². The molecule has 4 N–H and O–H groups in total. The molecular weight excluding hydrogens is 246 g/mol. The van der Waals surface area contributed by atoms with Crippen LogP contribution in [0.1, 0.15) is 10.4 Å². The highest BCUT2D eigenvalue weighted by Gasteiger charge is 2.03. The zero-order valence-corrected chi connectivity index (χ0v) is 10.2. The van der Waals surface area contributed by atoms with Crippen LogP contribution in [0.4, 0.5) is 5.69 Å². The number of carboxylic acids is 1. The number of carbonyl (C=O) groups excluding carboxylic acids is 1. The third-order valence-corrected chi connectivity index (χ3v) is 1.95. The number of benzene rings is 2. The highest BCUT2D eigenvalue weighted by molar-refractivity contribution is 5.93. The van der Waals surface area contributed by atoms with Crippen LogP contribution in [0.25, 0.3) is 0 Å². The molecule has 0 amide bonds. The second kappa shape index (κ2) is 9.23. The van der Waals surface area contributed by atoms with Crippen LogP contribution in [0.15, 0.2) is 54.6 Å². The first kappa shape index (κ1) is 16.2. The molecule has 0 bridgehead atoms. The van der Waals surface area contributed by atoms with Gasteiger partial charge in [-0.05, 0) is 24.3 Å². The van der Waals surface area contributed by atoms with Gasteiger partial charge in [0.2, 0.25) is 0 Å². The van der Waals surface area contributed by atoms with Crippen molar-refractivity contribution in [3.05, 3.63) is 60.2 Å². The van der Waals surface area contributed by atoms with Gasteiger partial charge in [0.15, 0.2) is 0 Å². The molecule has 2 aromatic carbocycles. The molecule has 0 heterocycles. The van der Waals surface area contributed by atoms with E-state index in [1.165, 1.54) is 6.07 Å². The monoisotopic (exact) mass is 261 g/mol. The molecule has 0 fully saturated rings. The van der Waals surface area contributed by atoms with Crippen molar-refractivity contribution in [2.24, 2.45) is 0 Å². The van der Waals surface area contributed by atoms with E-state index >= 15 is 0 Å². The molecular formula is C14H15NO4. The first-order valence-electron chi connectivity index (χ1n) is 5.22. The van der Waals surface area contributed by atoms with Crippen molar-refractivity contribution in [3.8, 4) is 5.75 Å². The summed E-state index contributed by atoms with van der Waals surface area (Å²) in [7, 11) is 0. The van der Waals surface area contributed by atoms with Gasteiger partial charge in [0.05, 0.1) is 5.56 Å². The summed E-state index contributed by atoms with van der Waals surface area (Å²) in [6.45, 7) is 2.00. The summed E-state index contributed by atoms with van der Waals surface area (Å²) in [5.74, 6) is -0.666. The summed E-state index contributed by atoms with van der Waals surface area (Å²) < 4.78 is 0. The SMILES string of the molecule is C=O.Nc1ccccc1C(=O)O.Oc1ccccc1. The smallest absolute Gasteiger partial charge is 0.337 e. The number of phenols is 1. The van der Waals surface area contributed by atoms with Gasteiger partial charge >= 0.3 is 5.97 Å². The molecule has 0 aliphatic carbocycles. The maximum absolute atomic E-state index is 10.3. The number of anilines is 1. The van der Waals surface area contributed by atoms with Gasteiger partial charge in [0, 0.05) is 5.69 Å². The maximum Gasteiger partial charge on any atom is 0.337 e. The molecule has 0 atom stereocenters. The van der Waals surface area contributed by atoms with Crippen molar-refractivity contribution in [1.82, 2.24) is 0 Å². The number of nitrogen functional groups attached to an aromatic ring is 1. The van der Waals surface area contributed by atoms with Crippen LogP contribution in [0, 0.1) is 0 Å². The molecule has 2 rings (SSSR count). The molecule has 2 aromatic rings. The van der Waals surface area contributed by atoms with Gasteiger partial charge in [-0.2, -0.15) is 0 Å². The number of carboxylic acid groups (broad SMARTS) is 1. The van der Waals surface area contributed by atoms with Crippen LogP contribution >= 0.6 is 0 Å². The summed E-state index contributed by atoms with van der Waals surface area (Å²) in [5, 5.41) is 17.1. The summed E-state index contributed by atoms with van der Waals surface area (Å²) in [4.78, 5) is 18.3. The Morgan fingerprint density at radius 2 is 1.42 bits per heavy atom. The number of aromatic hydroxyl groups is 1. The second-order valence-corrected chi connectivity index (χ2v) is 3.23. The van der Waals surface area contributed by atoms with E-state index < -0.39 is 5.97 Å². The summed E-state index contributed by atoms with van der Waals surface area (Å²) >= 11 is 0. The number of carbonyl (C=O) groups is 2. The fraction of sp³-hybridized carbons (Fsp3) is 0. The minimum atomic E-state index is -0.988. The third-order valence-electron chi connectivity index (χ3n) is 1.95. The Hall–Kier alpha value is -2.82. The van der Waals surface area contributed by atoms with Crippen LogP contribution in [-0.4, -0.2) is 23.0 Å². The van der Waals surface area contributed by atoms with Crippen molar-refractivity contribution in [2.45, 2.75) is 0 Å². The lowest BCUT2D eigenvalue weighted by Gasteiger charge is -1.96. The lowest BCUT2D eigenvalue weighted by molar-refractivity contribution is -0.0980. The Labute approximate surface area is 110 Å². The average Bonchev–Trinajstić information content (AvgIpc) is 2.43. The van der Waals surface area contributed by atoms with E-state index in [1.54, 1.807) is 42.5 Å². The van der Waals surface area contributed by atoms with Gasteiger partial charge in [0.1, 0.15) is 12.5 Å². The van der Waals surface area contributed by atoms with E-state index in [9.17, 15) is 4.79 Å². The Morgan fingerprint density at radius 1 is 0.947 bits per heavy atom. The maximum atomic E-state index is 10.3. The Morgan fingerprint density at radius 3 is 1.74 bits per heavy atom. The molecule has 0 saturated heterocycles. The number of phenolic OH excluding ortho intramolecular Hbond substituents is 1. The van der Waals surface area contributed by atoms with Gasteiger partial charge < -0.3 is 20.7 Å². The van der Waals surface area contributed by atoms with Gasteiger partial charge in [-0.15, -0.1) is 0 Å². The molecule has 19 heavy (non-hydrogen) atoms. The predicted octanol–water partition coefficient (Wildman–Crippen LogP) is 2.17. The largest absolute Gasteiger partial charge is 0.508 e. The Kier molecular flexibility index (Phi) is 7.86. The zero-order chi connectivity index (χ0) is 14.7. The minimum absolute atomic E-state index is 0.155. The molecule has 0 saturated carbocycles. The van der Waals surface area contributed by atoms with Crippen molar-refractivity contribution < 1.29 is 19.8 Å². The first-order valence-corrected chi connectivity index (χ1v) is 5.22. The standard InChI is InChI=1S/C7H7NO2.C6H6O.CH2O/c8-6-4-2-1-3-5(6)7(9)10;7-6-4-2-1-3-5-6;1-2/h1-4H,8H2,(H,9,10);1-5,7H;1H2. The average molecular weight is 261 g/mol. The highest BCUT2D eigenvalue weighted by atomic mass is 16.4. The number of para-hydroxylation sites is 2. The third kappa shape index (κ3) is 6.48. The van der Waals surface area contributed by atoms with E-state index in [4.69, 9.17) is 20.7 Å². The number of aromatic carboxylic acids is 1. The Balaban J connectivity index is 0.000000316. The van der Waals surface area contributed by atoms with Crippen molar-refractivity contribution >= 4 is 18.4 Å². The van der Waals surface area contributed by atoms with Gasteiger partial charge in [-0.3, -0.25) is 0 Å². The molecule has 0 aromatic heterocycles. The summed E-state index contributed by atoms with van der Waals surface area (Å²) in [6, 6.07) is 15.1. The number of rotatable bonds is 1. The van der Waals surface area contributed by atoms with E-state index in [0.29, 0.717) is 11.4 Å². The molecule has 0 spiro atoms. The highest BCUT2D eigenvalue weighted by Crippen LogP contribution is 2.09. The van der Waals surface area contributed by atoms with Crippen molar-refractivity contribution in [2.75, 3.05) is 5.73 Å². The first-order chi connectivity index (χ1) is 9.11. The zero-order valence-electron chi connectivity index (χ0n) is 10.2. The van der Waals surface area contributed by atoms with Crippen LogP contribution in [0.3, 0.4) is 0 Å². The fourth-order valence-corrected chi connectivity index (χ4v) is 1.12. The second-order valence-electron chi connectivity index (χ2n) is 3.23. The topological polar surface area (TPSA) is 101 Å². The summed E-state index contributed by atoms with van der Waals surface area (Å²) in [5.41, 5.74) is 5.80. The quantitative estimate of drug-likeness (QED) is 0.683. The molecule has 0 unspecified atom stereocenters. The van der Waals surface area contributed by atoms with Crippen LogP contribution in [-0.2, 0) is 4.79 Å². The van der Waals surface area contributed by atoms with Crippen LogP contribution in [0.5, 0.6) is 5.75 Å². The molecule has 0 aliphatic heterocycles. The normalized spacial score (nSPS) is 8.21. The van der Waals surface area contributed by atoms with Crippen LogP contribution in [0.2, 0.25) is 0 Å². The van der Waals surface area contributed by atoms with E-state index in [2.05, 4.69) is 0 Å². The van der Waals surface area contributed by atoms with E-state index in [1.807, 2.05) is 12.9 Å². The minimum Gasteiger partial charge on any atom is -0.508 e. The molecule has 5 heteroatoms.